The summed E-state index contributed by atoms with van der Waals surface area (Å²) in [5.74, 6) is 0.348. The third kappa shape index (κ3) is 5.15. The summed E-state index contributed by atoms with van der Waals surface area (Å²) in [5, 5.41) is 12.6. The zero-order valence-electron chi connectivity index (χ0n) is 13.6. The lowest BCUT2D eigenvalue weighted by molar-refractivity contribution is -0.124. The summed E-state index contributed by atoms with van der Waals surface area (Å²) in [5.41, 5.74) is -0.493. The molecule has 1 aliphatic rings. The summed E-state index contributed by atoms with van der Waals surface area (Å²) in [6.07, 6.45) is 7.82. The zero-order valence-corrected chi connectivity index (χ0v) is 13.6. The Morgan fingerprint density at radius 3 is 2.15 bits per heavy atom. The van der Waals surface area contributed by atoms with E-state index in [0.29, 0.717) is 12.3 Å². The molecule has 20 heavy (non-hydrogen) atoms. The fraction of sp³-hybridized carbons (Fsp3) is 0.882. The van der Waals surface area contributed by atoms with Crippen LogP contribution < -0.4 is 5.32 Å². The van der Waals surface area contributed by atoms with Crippen molar-refractivity contribution in [2.75, 3.05) is 0 Å². The quantitative estimate of drug-likeness (QED) is 0.842. The molecule has 1 fully saturated rings. The zero-order chi connectivity index (χ0) is 15.2. The van der Waals surface area contributed by atoms with Crippen molar-refractivity contribution in [3.8, 4) is 6.07 Å². The SMILES string of the molecule is CC(CC(=O)NC1(C#N)CCCCCCC1)C(C)(C)C. The van der Waals surface area contributed by atoms with E-state index in [4.69, 9.17) is 0 Å². The Balaban J connectivity index is 2.62. The lowest BCUT2D eigenvalue weighted by Crippen LogP contribution is -2.48. The first-order valence-corrected chi connectivity index (χ1v) is 8.01. The van der Waals surface area contributed by atoms with Gasteiger partial charge < -0.3 is 5.32 Å². The minimum Gasteiger partial charge on any atom is -0.338 e. The van der Waals surface area contributed by atoms with E-state index in [1.165, 1.54) is 19.3 Å². The van der Waals surface area contributed by atoms with Crippen molar-refractivity contribution in [2.24, 2.45) is 11.3 Å². The molecule has 0 radical (unpaired) electrons. The molecule has 0 spiro atoms. The molecule has 0 bridgehead atoms. The molecule has 0 heterocycles. The van der Waals surface area contributed by atoms with Crippen molar-refractivity contribution in [1.29, 1.82) is 5.26 Å². The molecule has 1 rings (SSSR count). The highest BCUT2D eigenvalue weighted by atomic mass is 16.1. The highest BCUT2D eigenvalue weighted by Gasteiger charge is 2.33. The van der Waals surface area contributed by atoms with E-state index in [-0.39, 0.29) is 11.3 Å². The van der Waals surface area contributed by atoms with Gasteiger partial charge in [-0.1, -0.05) is 59.8 Å². The van der Waals surface area contributed by atoms with Gasteiger partial charge >= 0.3 is 0 Å². The minimum atomic E-state index is -0.616. The van der Waals surface area contributed by atoms with Crippen LogP contribution in [0.4, 0.5) is 0 Å². The molecular formula is C17H30N2O. The van der Waals surface area contributed by atoms with E-state index in [0.717, 1.165) is 25.7 Å². The summed E-state index contributed by atoms with van der Waals surface area (Å²) >= 11 is 0. The molecule has 0 saturated heterocycles. The second-order valence-corrected chi connectivity index (χ2v) is 7.48. The van der Waals surface area contributed by atoms with Crippen molar-refractivity contribution < 1.29 is 4.79 Å². The number of rotatable bonds is 3. The van der Waals surface area contributed by atoms with Gasteiger partial charge in [0.05, 0.1) is 6.07 Å². The van der Waals surface area contributed by atoms with Crippen molar-refractivity contribution in [2.45, 2.75) is 84.6 Å². The standard InChI is InChI=1S/C17H30N2O/c1-14(16(2,3)4)12-15(20)19-17(13-18)10-8-6-5-7-9-11-17/h14H,5-12H2,1-4H3,(H,19,20). The highest BCUT2D eigenvalue weighted by molar-refractivity contribution is 5.77. The first-order valence-electron chi connectivity index (χ1n) is 8.01. The van der Waals surface area contributed by atoms with Crippen LogP contribution in [0.15, 0.2) is 0 Å². The molecule has 0 aromatic heterocycles. The van der Waals surface area contributed by atoms with Crippen molar-refractivity contribution >= 4 is 5.91 Å². The van der Waals surface area contributed by atoms with E-state index < -0.39 is 5.54 Å². The number of amides is 1. The van der Waals surface area contributed by atoms with E-state index in [1.54, 1.807) is 0 Å². The molecule has 1 saturated carbocycles. The summed E-state index contributed by atoms with van der Waals surface area (Å²) in [6.45, 7) is 8.57. The van der Waals surface area contributed by atoms with Crippen molar-refractivity contribution in [3.63, 3.8) is 0 Å². The topological polar surface area (TPSA) is 52.9 Å². The Labute approximate surface area is 124 Å². The number of carbonyl (C=O) groups is 1. The van der Waals surface area contributed by atoms with E-state index in [2.05, 4.69) is 39.1 Å². The van der Waals surface area contributed by atoms with Crippen LogP contribution in [-0.4, -0.2) is 11.4 Å². The average Bonchev–Trinajstić information content (AvgIpc) is 2.31. The number of nitrogens with zero attached hydrogens (tertiary/aromatic N) is 1. The van der Waals surface area contributed by atoms with Gasteiger partial charge in [0.15, 0.2) is 0 Å². The van der Waals surface area contributed by atoms with Gasteiger partial charge in [0, 0.05) is 6.42 Å². The van der Waals surface area contributed by atoms with E-state index in [9.17, 15) is 10.1 Å². The maximum Gasteiger partial charge on any atom is 0.221 e. The number of nitriles is 1. The van der Waals surface area contributed by atoms with Gasteiger partial charge in [0.1, 0.15) is 5.54 Å². The maximum absolute atomic E-state index is 12.3. The number of nitrogens with one attached hydrogen (secondary N) is 1. The molecule has 3 heteroatoms. The third-order valence-corrected chi connectivity index (χ3v) is 4.77. The fourth-order valence-electron chi connectivity index (χ4n) is 2.68. The molecule has 1 aliphatic carbocycles. The Morgan fingerprint density at radius 2 is 1.70 bits per heavy atom. The van der Waals surface area contributed by atoms with Gasteiger partial charge in [0.25, 0.3) is 0 Å². The Bertz CT molecular complexity index is 354. The second kappa shape index (κ2) is 7.11. The maximum atomic E-state index is 12.3. The molecule has 1 atom stereocenters. The molecule has 0 aliphatic heterocycles. The summed E-state index contributed by atoms with van der Waals surface area (Å²) in [6, 6.07) is 2.40. The van der Waals surface area contributed by atoms with Crippen molar-refractivity contribution in [1.82, 2.24) is 5.32 Å². The van der Waals surface area contributed by atoms with E-state index in [1.807, 2.05) is 0 Å². The summed E-state index contributed by atoms with van der Waals surface area (Å²) in [4.78, 5) is 12.3. The van der Waals surface area contributed by atoms with Gasteiger partial charge in [-0.05, 0) is 24.2 Å². The minimum absolute atomic E-state index is 0.0366. The fourth-order valence-corrected chi connectivity index (χ4v) is 2.68. The van der Waals surface area contributed by atoms with Crippen LogP contribution >= 0.6 is 0 Å². The van der Waals surface area contributed by atoms with Crippen LogP contribution in [0.5, 0.6) is 0 Å². The predicted octanol–water partition coefficient (Wildman–Crippen LogP) is 4.18. The van der Waals surface area contributed by atoms with Crippen LogP contribution in [0.25, 0.3) is 0 Å². The smallest absolute Gasteiger partial charge is 0.221 e. The molecule has 0 aromatic carbocycles. The monoisotopic (exact) mass is 278 g/mol. The molecule has 114 valence electrons. The Hall–Kier alpha value is -1.04. The Kier molecular flexibility index (Phi) is 6.05. The second-order valence-electron chi connectivity index (χ2n) is 7.48. The van der Waals surface area contributed by atoms with Crippen LogP contribution in [0, 0.1) is 22.7 Å². The summed E-state index contributed by atoms with van der Waals surface area (Å²) < 4.78 is 0. The summed E-state index contributed by atoms with van der Waals surface area (Å²) in [7, 11) is 0. The molecule has 3 nitrogen and oxygen atoms in total. The number of hydrogen-bond acceptors (Lipinski definition) is 2. The number of carbonyl (C=O) groups excluding carboxylic acids is 1. The predicted molar refractivity (Wildman–Crippen MR) is 82.0 cm³/mol. The van der Waals surface area contributed by atoms with Gasteiger partial charge in [-0.3, -0.25) is 4.79 Å². The first kappa shape index (κ1) is 17.0. The van der Waals surface area contributed by atoms with Gasteiger partial charge in [-0.2, -0.15) is 5.26 Å². The number of hydrogen-bond donors (Lipinski definition) is 1. The molecular weight excluding hydrogens is 248 g/mol. The largest absolute Gasteiger partial charge is 0.338 e. The lowest BCUT2D eigenvalue weighted by atomic mass is 9.79. The molecule has 1 unspecified atom stereocenters. The van der Waals surface area contributed by atoms with Crippen LogP contribution in [0.3, 0.4) is 0 Å². The molecule has 1 N–H and O–H groups in total. The van der Waals surface area contributed by atoms with E-state index >= 15 is 0 Å². The third-order valence-electron chi connectivity index (χ3n) is 4.77. The highest BCUT2D eigenvalue weighted by Crippen LogP contribution is 2.29. The van der Waals surface area contributed by atoms with Gasteiger partial charge in [-0.25, -0.2) is 0 Å². The van der Waals surface area contributed by atoms with Gasteiger partial charge in [0.2, 0.25) is 5.91 Å². The van der Waals surface area contributed by atoms with Crippen molar-refractivity contribution in [3.05, 3.63) is 0 Å². The molecule has 1 amide bonds. The molecule has 0 aromatic rings. The van der Waals surface area contributed by atoms with Crippen LogP contribution in [0.1, 0.15) is 79.1 Å². The normalized spacial score (nSPS) is 21.1. The first-order chi connectivity index (χ1) is 9.29. The van der Waals surface area contributed by atoms with Crippen LogP contribution in [-0.2, 0) is 4.79 Å². The van der Waals surface area contributed by atoms with Crippen LogP contribution in [0.2, 0.25) is 0 Å². The average molecular weight is 278 g/mol. The Morgan fingerprint density at radius 1 is 1.20 bits per heavy atom. The van der Waals surface area contributed by atoms with Gasteiger partial charge in [-0.15, -0.1) is 0 Å². The lowest BCUT2D eigenvalue weighted by Gasteiger charge is -2.32.